The van der Waals surface area contributed by atoms with E-state index in [9.17, 15) is 5.11 Å². The van der Waals surface area contributed by atoms with Gasteiger partial charge in [-0.1, -0.05) is 54.1 Å². The summed E-state index contributed by atoms with van der Waals surface area (Å²) < 4.78 is 0. The van der Waals surface area contributed by atoms with Crippen molar-refractivity contribution in [2.75, 3.05) is 5.88 Å². The standard InChI is InChI=1S/C15H14Cl2O/c16-10-13(18)9-11-5-7-12(8-6-11)14-3-1-2-4-15(14)17/h1-8,13,18H,9-10H2/t13-/m1/s1. The van der Waals surface area contributed by atoms with Crippen molar-refractivity contribution in [1.29, 1.82) is 0 Å². The van der Waals surface area contributed by atoms with Gasteiger partial charge in [0.2, 0.25) is 0 Å². The van der Waals surface area contributed by atoms with Crippen molar-refractivity contribution in [3.8, 4) is 11.1 Å². The van der Waals surface area contributed by atoms with Gasteiger partial charge in [0.1, 0.15) is 0 Å². The van der Waals surface area contributed by atoms with E-state index < -0.39 is 6.10 Å². The molecule has 0 unspecified atom stereocenters. The van der Waals surface area contributed by atoms with Crippen LogP contribution in [0.1, 0.15) is 5.56 Å². The van der Waals surface area contributed by atoms with Crippen LogP contribution in [0.2, 0.25) is 5.02 Å². The molecule has 0 bridgehead atoms. The fourth-order valence-electron chi connectivity index (χ4n) is 1.84. The molecular formula is C15H14Cl2O. The average Bonchev–Trinajstić information content (AvgIpc) is 2.40. The molecule has 1 nitrogen and oxygen atoms in total. The number of hydrogen-bond donors (Lipinski definition) is 1. The normalized spacial score (nSPS) is 12.4. The Bertz CT molecular complexity index is 508. The lowest BCUT2D eigenvalue weighted by Gasteiger charge is -2.08. The maximum Gasteiger partial charge on any atom is 0.0715 e. The second-order valence-corrected chi connectivity index (χ2v) is 4.90. The SMILES string of the molecule is O[C@@H](CCl)Cc1ccc(-c2ccccc2Cl)cc1. The van der Waals surface area contributed by atoms with Crippen LogP contribution in [0, 0.1) is 0 Å². The first kappa shape index (κ1) is 13.4. The number of benzene rings is 2. The molecule has 3 heteroatoms. The number of aliphatic hydroxyl groups is 1. The molecule has 0 aliphatic rings. The van der Waals surface area contributed by atoms with Gasteiger partial charge in [0.25, 0.3) is 0 Å². The summed E-state index contributed by atoms with van der Waals surface area (Å²) in [5, 5.41) is 10.2. The van der Waals surface area contributed by atoms with Crippen LogP contribution in [0.15, 0.2) is 48.5 Å². The van der Waals surface area contributed by atoms with E-state index >= 15 is 0 Å². The summed E-state index contributed by atoms with van der Waals surface area (Å²) in [6.07, 6.45) is 0.0876. The predicted octanol–water partition coefficient (Wildman–Crippen LogP) is 4.15. The second-order valence-electron chi connectivity index (χ2n) is 4.19. The molecule has 0 aliphatic carbocycles. The zero-order chi connectivity index (χ0) is 13.0. The summed E-state index contributed by atoms with van der Waals surface area (Å²) in [4.78, 5) is 0. The highest BCUT2D eigenvalue weighted by molar-refractivity contribution is 6.33. The lowest BCUT2D eigenvalue weighted by Crippen LogP contribution is -2.11. The summed E-state index contributed by atoms with van der Waals surface area (Å²) in [7, 11) is 0. The number of halogens is 2. The topological polar surface area (TPSA) is 20.2 Å². The Labute approximate surface area is 117 Å². The summed E-state index contributed by atoms with van der Waals surface area (Å²) >= 11 is 11.7. The summed E-state index contributed by atoms with van der Waals surface area (Å²) in [5.74, 6) is 0.256. The van der Waals surface area contributed by atoms with Crippen molar-refractivity contribution < 1.29 is 5.11 Å². The van der Waals surface area contributed by atoms with Gasteiger partial charge in [-0.3, -0.25) is 0 Å². The van der Waals surface area contributed by atoms with Crippen LogP contribution in [0.25, 0.3) is 11.1 Å². The molecule has 0 fully saturated rings. The van der Waals surface area contributed by atoms with Gasteiger partial charge < -0.3 is 5.11 Å². The van der Waals surface area contributed by atoms with Gasteiger partial charge in [0, 0.05) is 16.5 Å². The lowest BCUT2D eigenvalue weighted by molar-refractivity contribution is 0.199. The predicted molar refractivity (Wildman–Crippen MR) is 77.3 cm³/mol. The van der Waals surface area contributed by atoms with Gasteiger partial charge >= 0.3 is 0 Å². The van der Waals surface area contributed by atoms with Crippen LogP contribution in [0.4, 0.5) is 0 Å². The van der Waals surface area contributed by atoms with E-state index in [1.165, 1.54) is 0 Å². The van der Waals surface area contributed by atoms with Crippen molar-refractivity contribution in [2.45, 2.75) is 12.5 Å². The fourth-order valence-corrected chi connectivity index (χ4v) is 2.20. The van der Waals surface area contributed by atoms with E-state index in [1.54, 1.807) is 0 Å². The zero-order valence-corrected chi connectivity index (χ0v) is 11.3. The van der Waals surface area contributed by atoms with E-state index in [4.69, 9.17) is 23.2 Å². The van der Waals surface area contributed by atoms with Gasteiger partial charge in [-0.25, -0.2) is 0 Å². The van der Waals surface area contributed by atoms with Crippen molar-refractivity contribution in [3.63, 3.8) is 0 Å². The molecule has 0 saturated carbocycles. The smallest absolute Gasteiger partial charge is 0.0715 e. The Morgan fingerprint density at radius 1 is 1.00 bits per heavy atom. The zero-order valence-electron chi connectivity index (χ0n) is 9.81. The Kier molecular flexibility index (Phi) is 4.65. The highest BCUT2D eigenvalue weighted by Crippen LogP contribution is 2.27. The fraction of sp³-hybridized carbons (Fsp3) is 0.200. The van der Waals surface area contributed by atoms with E-state index in [1.807, 2.05) is 48.5 Å². The van der Waals surface area contributed by atoms with Crippen LogP contribution in [0.5, 0.6) is 0 Å². The number of alkyl halides is 1. The minimum atomic E-state index is -0.488. The maximum atomic E-state index is 9.49. The monoisotopic (exact) mass is 280 g/mol. The van der Waals surface area contributed by atoms with Gasteiger partial charge in [-0.2, -0.15) is 0 Å². The lowest BCUT2D eigenvalue weighted by atomic mass is 10.0. The average molecular weight is 281 g/mol. The molecule has 0 aromatic heterocycles. The Hall–Kier alpha value is -1.02. The summed E-state index contributed by atoms with van der Waals surface area (Å²) in [6.45, 7) is 0. The van der Waals surface area contributed by atoms with Crippen LogP contribution in [-0.4, -0.2) is 17.1 Å². The van der Waals surface area contributed by atoms with Gasteiger partial charge in [-0.05, 0) is 23.6 Å². The molecule has 0 amide bonds. The second kappa shape index (κ2) is 6.24. The highest BCUT2D eigenvalue weighted by Gasteiger charge is 2.05. The Balaban J connectivity index is 2.20. The van der Waals surface area contributed by atoms with E-state index in [2.05, 4.69) is 0 Å². The molecule has 0 heterocycles. The third-order valence-corrected chi connectivity index (χ3v) is 3.47. The quantitative estimate of drug-likeness (QED) is 0.835. The van der Waals surface area contributed by atoms with E-state index in [0.717, 1.165) is 21.7 Å². The molecule has 2 aromatic rings. The number of hydrogen-bond acceptors (Lipinski definition) is 1. The van der Waals surface area contributed by atoms with Crippen LogP contribution >= 0.6 is 23.2 Å². The number of rotatable bonds is 4. The van der Waals surface area contributed by atoms with E-state index in [0.29, 0.717) is 6.42 Å². The summed E-state index contributed by atoms with van der Waals surface area (Å²) in [5.41, 5.74) is 3.16. The van der Waals surface area contributed by atoms with Crippen molar-refractivity contribution >= 4 is 23.2 Å². The molecule has 1 N–H and O–H groups in total. The molecule has 18 heavy (non-hydrogen) atoms. The van der Waals surface area contributed by atoms with Crippen molar-refractivity contribution in [3.05, 3.63) is 59.1 Å². The van der Waals surface area contributed by atoms with E-state index in [-0.39, 0.29) is 5.88 Å². The largest absolute Gasteiger partial charge is 0.392 e. The third kappa shape index (κ3) is 3.26. The number of aliphatic hydroxyl groups excluding tert-OH is 1. The molecular weight excluding hydrogens is 267 g/mol. The third-order valence-electron chi connectivity index (χ3n) is 2.79. The molecule has 0 aliphatic heterocycles. The van der Waals surface area contributed by atoms with Gasteiger partial charge in [-0.15, -0.1) is 11.6 Å². The van der Waals surface area contributed by atoms with Crippen LogP contribution < -0.4 is 0 Å². The molecule has 1 atom stereocenters. The molecule has 2 aromatic carbocycles. The minimum absolute atomic E-state index is 0.256. The van der Waals surface area contributed by atoms with Crippen molar-refractivity contribution in [1.82, 2.24) is 0 Å². The first-order chi connectivity index (χ1) is 8.70. The van der Waals surface area contributed by atoms with Crippen LogP contribution in [-0.2, 0) is 6.42 Å². The van der Waals surface area contributed by atoms with Gasteiger partial charge in [0.05, 0.1) is 6.10 Å². The first-order valence-corrected chi connectivity index (χ1v) is 6.70. The van der Waals surface area contributed by atoms with Gasteiger partial charge in [0.15, 0.2) is 0 Å². The molecule has 94 valence electrons. The summed E-state index contributed by atoms with van der Waals surface area (Å²) in [6, 6.07) is 15.8. The Morgan fingerprint density at radius 2 is 1.67 bits per heavy atom. The maximum absolute atomic E-state index is 9.49. The minimum Gasteiger partial charge on any atom is -0.392 e. The first-order valence-electron chi connectivity index (χ1n) is 5.78. The molecule has 2 rings (SSSR count). The van der Waals surface area contributed by atoms with Crippen molar-refractivity contribution in [2.24, 2.45) is 0 Å². The highest BCUT2D eigenvalue weighted by atomic mass is 35.5. The molecule has 0 saturated heterocycles. The Morgan fingerprint density at radius 3 is 2.28 bits per heavy atom. The molecule has 0 spiro atoms. The molecule has 0 radical (unpaired) electrons. The van der Waals surface area contributed by atoms with Crippen LogP contribution in [0.3, 0.4) is 0 Å².